The number of hydrogen-bond acceptors (Lipinski definition) is 7. The lowest BCUT2D eigenvalue weighted by atomic mass is 10.0. The van der Waals surface area contributed by atoms with Gasteiger partial charge < -0.3 is 28.5 Å². The molecule has 0 bridgehead atoms. The molecule has 0 saturated carbocycles. The predicted octanol–water partition coefficient (Wildman–Crippen LogP) is 15.7. The van der Waals surface area contributed by atoms with Gasteiger partial charge in [-0.2, -0.15) is 0 Å². The lowest BCUT2D eigenvalue weighted by Gasteiger charge is -2.30. The van der Waals surface area contributed by atoms with Crippen LogP contribution in [-0.2, 0) is 27.9 Å². The van der Waals surface area contributed by atoms with Crippen LogP contribution in [0.25, 0.3) is 0 Å². The fraction of sp³-hybridized carbons (Fsp3) is 0.633. The van der Waals surface area contributed by atoms with Crippen LogP contribution >= 0.6 is 7.82 Å². The lowest BCUT2D eigenvalue weighted by Crippen LogP contribution is -2.47. The molecule has 9 nitrogen and oxygen atoms in total. The Morgan fingerprint density at radius 1 is 0.514 bits per heavy atom. The van der Waals surface area contributed by atoms with E-state index in [-0.39, 0.29) is 31.3 Å². The molecule has 70 heavy (non-hydrogen) atoms. The van der Waals surface area contributed by atoms with Crippen molar-refractivity contribution < 1.29 is 37.3 Å². The number of rotatable bonds is 47. The number of hydrogen-bond donors (Lipinski definition) is 1. The summed E-state index contributed by atoms with van der Waals surface area (Å²) in [4.78, 5) is 39.8. The molecule has 398 valence electrons. The highest BCUT2D eigenvalue weighted by molar-refractivity contribution is 7.45. The van der Waals surface area contributed by atoms with Crippen LogP contribution in [0.3, 0.4) is 0 Å². The van der Waals surface area contributed by atoms with Crippen molar-refractivity contribution in [2.45, 2.75) is 206 Å². The van der Waals surface area contributed by atoms with Crippen molar-refractivity contribution in [3.8, 4) is 0 Å². The minimum atomic E-state index is -4.72. The number of carbonyl (C=O) groups excluding carboxylic acids is 2. The van der Waals surface area contributed by atoms with Crippen molar-refractivity contribution in [3.63, 3.8) is 0 Å². The number of unbranched alkanes of at least 4 members (excludes halogenated alkanes) is 20. The van der Waals surface area contributed by atoms with Crippen LogP contribution in [0.4, 0.5) is 0 Å². The maximum absolute atomic E-state index is 13.5. The molecule has 0 aromatic carbocycles. The maximum Gasteiger partial charge on any atom is 0.306 e. The quantitative estimate of drug-likeness (QED) is 0.0161. The topological polar surface area (TPSA) is 114 Å². The second-order valence-electron chi connectivity index (χ2n) is 19.2. The van der Waals surface area contributed by atoms with Crippen LogP contribution in [-0.4, -0.2) is 69.4 Å². The number of ether oxygens (including phenoxy) is 1. The first-order valence-electron chi connectivity index (χ1n) is 27.5. The summed E-state index contributed by atoms with van der Waals surface area (Å²) >= 11 is 0. The number of phosphoric ester groups is 1. The monoisotopic (exact) mass is 993 g/mol. The summed E-state index contributed by atoms with van der Waals surface area (Å²) in [7, 11) is 1.12. The summed E-state index contributed by atoms with van der Waals surface area (Å²) in [6, 6.07) is -0.924. The highest BCUT2D eigenvalue weighted by Crippen LogP contribution is 2.38. The summed E-state index contributed by atoms with van der Waals surface area (Å²) in [6.45, 7) is 6.48. The Bertz CT molecular complexity index is 1610. The zero-order valence-corrected chi connectivity index (χ0v) is 46.1. The minimum absolute atomic E-state index is 0.0409. The number of phosphoric acid groups is 1. The molecule has 3 unspecified atom stereocenters. The van der Waals surface area contributed by atoms with Crippen molar-refractivity contribution >= 4 is 19.7 Å². The number of likely N-dealkylation sites (N-methyl/N-ethyl adjacent to an activating group) is 1. The Morgan fingerprint density at radius 2 is 0.914 bits per heavy atom. The van der Waals surface area contributed by atoms with Gasteiger partial charge in [0.25, 0.3) is 7.82 Å². The molecule has 1 N–H and O–H groups in total. The number of nitrogens with one attached hydrogen (secondary N) is 1. The smallest absolute Gasteiger partial charge is 0.306 e. The Morgan fingerprint density at radius 3 is 1.39 bits per heavy atom. The molecular formula is C60H101N2O7P. The van der Waals surface area contributed by atoms with E-state index >= 15 is 0 Å². The van der Waals surface area contributed by atoms with Gasteiger partial charge in [0.15, 0.2) is 0 Å². The van der Waals surface area contributed by atoms with E-state index in [1.54, 1.807) is 6.08 Å². The van der Waals surface area contributed by atoms with Crippen molar-refractivity contribution in [2.75, 3.05) is 40.9 Å². The summed E-state index contributed by atoms with van der Waals surface area (Å²) in [5.74, 6) is -0.619. The molecular weight excluding hydrogens is 892 g/mol. The first-order valence-corrected chi connectivity index (χ1v) is 28.9. The fourth-order valence-corrected chi connectivity index (χ4v) is 7.86. The molecule has 0 aliphatic rings. The van der Waals surface area contributed by atoms with Crippen LogP contribution in [0.15, 0.2) is 122 Å². The number of amides is 1. The van der Waals surface area contributed by atoms with Gasteiger partial charge in [0, 0.05) is 12.8 Å². The fourth-order valence-electron chi connectivity index (χ4n) is 7.14. The Kier molecular flexibility index (Phi) is 46.5. The van der Waals surface area contributed by atoms with Gasteiger partial charge in [-0.1, -0.05) is 233 Å². The number of quaternary nitrogens is 1. The summed E-state index contributed by atoms with van der Waals surface area (Å²) in [6.07, 6.45) is 67.3. The molecule has 0 aliphatic heterocycles. The summed E-state index contributed by atoms with van der Waals surface area (Å²) in [5.41, 5.74) is 0. The Balaban J connectivity index is 5.51. The van der Waals surface area contributed by atoms with E-state index in [0.29, 0.717) is 23.9 Å². The largest absolute Gasteiger partial charge is 0.756 e. The zero-order chi connectivity index (χ0) is 51.5. The van der Waals surface area contributed by atoms with Crippen LogP contribution in [0.1, 0.15) is 194 Å². The van der Waals surface area contributed by atoms with Gasteiger partial charge in [0.1, 0.15) is 19.3 Å². The van der Waals surface area contributed by atoms with Crippen LogP contribution in [0.2, 0.25) is 0 Å². The average Bonchev–Trinajstić information content (AvgIpc) is 3.32. The molecule has 0 saturated heterocycles. The van der Waals surface area contributed by atoms with Crippen LogP contribution in [0, 0.1) is 0 Å². The normalized spacial score (nSPS) is 14.8. The summed E-state index contributed by atoms with van der Waals surface area (Å²) < 4.78 is 30.1. The SMILES string of the molecule is CC\C=C/C=C/C=C/C=C\C=C\C=C\CCCCCC(=O)NC(COP(=O)([O-])OCC[N+](C)(C)C)C(/C=C/CCCCCCCCCCCC)OC(=O)CCCCCCCCC/C=C/C=C/C=C/CC. The van der Waals surface area contributed by atoms with E-state index in [2.05, 4.69) is 74.7 Å². The molecule has 10 heteroatoms. The first kappa shape index (κ1) is 66.4. The van der Waals surface area contributed by atoms with E-state index in [1.807, 2.05) is 88.0 Å². The van der Waals surface area contributed by atoms with Crippen molar-refractivity contribution in [2.24, 2.45) is 0 Å². The van der Waals surface area contributed by atoms with Crippen molar-refractivity contribution in [1.29, 1.82) is 0 Å². The Labute approximate surface area is 429 Å². The third kappa shape index (κ3) is 49.4. The van der Waals surface area contributed by atoms with Gasteiger partial charge in [0.2, 0.25) is 5.91 Å². The maximum atomic E-state index is 13.5. The van der Waals surface area contributed by atoms with Gasteiger partial charge in [-0.05, 0) is 70.3 Å². The van der Waals surface area contributed by atoms with E-state index in [4.69, 9.17) is 13.8 Å². The second-order valence-corrected chi connectivity index (χ2v) is 20.6. The van der Waals surface area contributed by atoms with Crippen LogP contribution < -0.4 is 10.2 Å². The van der Waals surface area contributed by atoms with E-state index in [0.717, 1.165) is 77.0 Å². The number of esters is 1. The molecule has 0 aromatic rings. The van der Waals surface area contributed by atoms with Gasteiger partial charge in [0.05, 0.1) is 33.8 Å². The lowest BCUT2D eigenvalue weighted by molar-refractivity contribution is -0.870. The highest BCUT2D eigenvalue weighted by atomic mass is 31.2. The number of nitrogens with zero attached hydrogens (tertiary/aromatic N) is 1. The Hall–Kier alpha value is -3.59. The number of allylic oxidation sites excluding steroid dienone is 19. The molecule has 0 rings (SSSR count). The molecule has 0 fully saturated rings. The third-order valence-electron chi connectivity index (χ3n) is 11.4. The summed E-state index contributed by atoms with van der Waals surface area (Å²) in [5, 5.41) is 2.98. The average molecular weight is 993 g/mol. The molecule has 0 radical (unpaired) electrons. The third-order valence-corrected chi connectivity index (χ3v) is 12.3. The molecule has 0 spiro atoms. The molecule has 0 aliphatic carbocycles. The molecule has 1 amide bonds. The van der Waals surface area contributed by atoms with Crippen molar-refractivity contribution in [3.05, 3.63) is 122 Å². The minimum Gasteiger partial charge on any atom is -0.756 e. The van der Waals surface area contributed by atoms with E-state index in [9.17, 15) is 19.0 Å². The van der Waals surface area contributed by atoms with Crippen LogP contribution in [0.5, 0.6) is 0 Å². The second kappa shape index (κ2) is 49.0. The van der Waals surface area contributed by atoms with E-state index < -0.39 is 26.6 Å². The highest BCUT2D eigenvalue weighted by Gasteiger charge is 2.27. The van der Waals surface area contributed by atoms with Crippen molar-refractivity contribution in [1.82, 2.24) is 5.32 Å². The first-order chi connectivity index (χ1) is 33.9. The number of carbonyl (C=O) groups is 2. The van der Waals surface area contributed by atoms with Gasteiger partial charge in [-0.15, -0.1) is 0 Å². The zero-order valence-electron chi connectivity index (χ0n) is 45.2. The van der Waals surface area contributed by atoms with Gasteiger partial charge >= 0.3 is 5.97 Å². The molecule has 0 aromatic heterocycles. The van der Waals surface area contributed by atoms with E-state index in [1.165, 1.54) is 70.6 Å². The molecule has 0 heterocycles. The van der Waals surface area contributed by atoms with Gasteiger partial charge in [-0.3, -0.25) is 14.2 Å². The predicted molar refractivity (Wildman–Crippen MR) is 297 cm³/mol. The standard InChI is InChI=1S/C60H101N2O7P/c1-7-10-13-16-19-22-25-28-30-31-33-34-37-40-43-46-49-52-59(63)61-57(56-68-70(65,66)67-55-54-62(4,5)6)58(51-48-45-42-39-36-27-24-21-18-15-12-9-3)69-60(64)53-50-47-44-41-38-35-32-29-26-23-20-17-14-11-8-2/h10-11,13-14,16-17,19-20,22-23,25-26,28,30-31,33-34,37,48,51,57-58H,7-9,12,15,18,21,24,27,29,32,35-36,38-47,49-50,52-56H2,1-6H3,(H-,61,63,65,66)/b13-10-,14-11+,19-16+,20-17+,25-22+,26-23+,30-28-,33-31+,37-34+,51-48+. The van der Waals surface area contributed by atoms with Gasteiger partial charge in [-0.25, -0.2) is 0 Å². The molecule has 3 atom stereocenters.